The van der Waals surface area contributed by atoms with Gasteiger partial charge in [0.2, 0.25) is 0 Å². The number of amides is 1. The smallest absolute Gasteiger partial charge is 0.414 e. The van der Waals surface area contributed by atoms with E-state index in [1.54, 1.807) is 19.2 Å². The number of nitrogens with zero attached hydrogens (tertiary/aromatic N) is 1. The summed E-state index contributed by atoms with van der Waals surface area (Å²) in [6.45, 7) is 3.57. The normalized spacial score (nSPS) is 10.4. The molecule has 0 atom stereocenters. The second kappa shape index (κ2) is 8.38. The van der Waals surface area contributed by atoms with Crippen LogP contribution in [0.1, 0.15) is 37.0 Å². The average Bonchev–Trinajstić information content (AvgIpc) is 2.91. The molecule has 122 valence electrons. The number of carbonyl (C=O) groups is 3. The van der Waals surface area contributed by atoms with E-state index in [1.165, 1.54) is 28.7 Å². The molecule has 1 amide bonds. The lowest BCUT2D eigenvalue weighted by atomic mass is 10.2. The Hall–Kier alpha value is -2.09. The van der Waals surface area contributed by atoms with Crippen molar-refractivity contribution >= 4 is 35.1 Å². The molecule has 1 heterocycles. The van der Waals surface area contributed by atoms with Crippen LogP contribution in [0.4, 0.5) is 10.5 Å². The van der Waals surface area contributed by atoms with Gasteiger partial charge >= 0.3 is 18.0 Å². The standard InChI is InChI=1S/C14H19NO6S/c1-9(2)21-14(19)15(6-4-5-12(16)20-3)11-8-22-7-10(11)13(17)18/h7-9H,4-6H2,1-3H3,(H,17,18). The summed E-state index contributed by atoms with van der Waals surface area (Å²) in [5.41, 5.74) is 0.303. The Morgan fingerprint density at radius 2 is 2.00 bits per heavy atom. The first-order valence-electron chi connectivity index (χ1n) is 6.71. The van der Waals surface area contributed by atoms with Crippen molar-refractivity contribution in [3.63, 3.8) is 0 Å². The van der Waals surface area contributed by atoms with Gasteiger partial charge < -0.3 is 14.6 Å². The van der Waals surface area contributed by atoms with Gasteiger partial charge in [-0.3, -0.25) is 9.69 Å². The van der Waals surface area contributed by atoms with Gasteiger partial charge in [-0.05, 0) is 20.3 Å². The van der Waals surface area contributed by atoms with Gasteiger partial charge in [0.25, 0.3) is 0 Å². The number of carbonyl (C=O) groups excluding carboxylic acids is 2. The van der Waals surface area contributed by atoms with Crippen LogP contribution in [0.3, 0.4) is 0 Å². The minimum atomic E-state index is -1.12. The lowest BCUT2D eigenvalue weighted by Gasteiger charge is -2.23. The van der Waals surface area contributed by atoms with Crippen molar-refractivity contribution in [2.45, 2.75) is 32.8 Å². The van der Waals surface area contributed by atoms with Crippen molar-refractivity contribution in [2.24, 2.45) is 0 Å². The quantitative estimate of drug-likeness (QED) is 0.773. The number of thiophene rings is 1. The van der Waals surface area contributed by atoms with Crippen LogP contribution in [0, 0.1) is 0 Å². The Balaban J connectivity index is 2.90. The van der Waals surface area contributed by atoms with Gasteiger partial charge in [-0.15, -0.1) is 11.3 Å². The van der Waals surface area contributed by atoms with E-state index in [2.05, 4.69) is 4.74 Å². The molecule has 0 aliphatic rings. The molecular formula is C14H19NO6S. The number of rotatable bonds is 7. The zero-order chi connectivity index (χ0) is 16.7. The minimum Gasteiger partial charge on any atom is -0.478 e. The van der Waals surface area contributed by atoms with Crippen molar-refractivity contribution in [2.75, 3.05) is 18.6 Å². The van der Waals surface area contributed by atoms with Gasteiger partial charge in [-0.1, -0.05) is 0 Å². The number of anilines is 1. The fraction of sp³-hybridized carbons (Fsp3) is 0.500. The highest BCUT2D eigenvalue weighted by molar-refractivity contribution is 7.08. The van der Waals surface area contributed by atoms with Gasteiger partial charge in [-0.25, -0.2) is 9.59 Å². The van der Waals surface area contributed by atoms with Gasteiger partial charge in [0, 0.05) is 23.7 Å². The molecule has 0 aliphatic heterocycles. The lowest BCUT2D eigenvalue weighted by molar-refractivity contribution is -0.140. The minimum absolute atomic E-state index is 0.0313. The second-order valence-corrected chi connectivity index (χ2v) is 5.48. The topological polar surface area (TPSA) is 93.1 Å². The molecule has 0 saturated heterocycles. The van der Waals surface area contributed by atoms with E-state index >= 15 is 0 Å². The Morgan fingerprint density at radius 3 is 2.55 bits per heavy atom. The molecule has 7 nitrogen and oxygen atoms in total. The molecule has 0 bridgehead atoms. The summed E-state index contributed by atoms with van der Waals surface area (Å²) < 4.78 is 9.68. The van der Waals surface area contributed by atoms with Crippen LogP contribution in [0.25, 0.3) is 0 Å². The maximum atomic E-state index is 12.2. The fourth-order valence-corrected chi connectivity index (χ4v) is 2.53. The van der Waals surface area contributed by atoms with E-state index in [9.17, 15) is 19.5 Å². The van der Waals surface area contributed by atoms with Gasteiger partial charge in [0.15, 0.2) is 0 Å². The lowest BCUT2D eigenvalue weighted by Crippen LogP contribution is -2.35. The van der Waals surface area contributed by atoms with Gasteiger partial charge in [-0.2, -0.15) is 0 Å². The number of methoxy groups -OCH3 is 1. The molecule has 0 radical (unpaired) electrons. The maximum Gasteiger partial charge on any atom is 0.414 e. The summed E-state index contributed by atoms with van der Waals surface area (Å²) in [7, 11) is 1.29. The van der Waals surface area contributed by atoms with E-state index in [0.29, 0.717) is 6.42 Å². The number of hydrogen-bond donors (Lipinski definition) is 1. The summed E-state index contributed by atoms with van der Waals surface area (Å²) >= 11 is 1.18. The van der Waals surface area contributed by atoms with Crippen LogP contribution >= 0.6 is 11.3 Å². The van der Waals surface area contributed by atoms with Crippen LogP contribution in [-0.2, 0) is 14.3 Å². The highest BCUT2D eigenvalue weighted by atomic mass is 32.1. The van der Waals surface area contributed by atoms with Crippen LogP contribution in [0.15, 0.2) is 10.8 Å². The summed E-state index contributed by atoms with van der Waals surface area (Å²) in [4.78, 5) is 35.8. The van der Waals surface area contributed by atoms with Crippen LogP contribution in [0.5, 0.6) is 0 Å². The Labute approximate surface area is 132 Å². The molecule has 1 aromatic rings. The SMILES string of the molecule is COC(=O)CCCN(C(=O)OC(C)C)c1cscc1C(=O)O. The monoisotopic (exact) mass is 329 g/mol. The summed E-state index contributed by atoms with van der Waals surface area (Å²) in [6.07, 6.45) is -0.494. The average molecular weight is 329 g/mol. The third kappa shape index (κ3) is 5.03. The van der Waals surface area contributed by atoms with Crippen molar-refractivity contribution in [1.82, 2.24) is 0 Å². The maximum absolute atomic E-state index is 12.2. The third-order valence-electron chi connectivity index (χ3n) is 2.71. The van der Waals surface area contributed by atoms with Crippen molar-refractivity contribution < 1.29 is 29.0 Å². The van der Waals surface area contributed by atoms with E-state index in [-0.39, 0.29) is 36.3 Å². The summed E-state index contributed by atoms with van der Waals surface area (Å²) in [5, 5.41) is 12.2. The van der Waals surface area contributed by atoms with E-state index in [4.69, 9.17) is 4.74 Å². The van der Waals surface area contributed by atoms with Crippen LogP contribution < -0.4 is 4.90 Å². The van der Waals surface area contributed by atoms with Gasteiger partial charge in [0.1, 0.15) is 0 Å². The third-order valence-corrected chi connectivity index (χ3v) is 3.44. The number of esters is 1. The van der Waals surface area contributed by atoms with Crippen LogP contribution in [0.2, 0.25) is 0 Å². The van der Waals surface area contributed by atoms with E-state index in [1.807, 2.05) is 0 Å². The van der Waals surface area contributed by atoms with E-state index in [0.717, 1.165) is 0 Å². The second-order valence-electron chi connectivity index (χ2n) is 4.74. The van der Waals surface area contributed by atoms with Crippen molar-refractivity contribution in [3.8, 4) is 0 Å². The molecule has 22 heavy (non-hydrogen) atoms. The Morgan fingerprint density at radius 1 is 1.32 bits per heavy atom. The molecule has 0 unspecified atom stereocenters. The molecule has 0 saturated carbocycles. The number of aromatic carboxylic acids is 1. The zero-order valence-electron chi connectivity index (χ0n) is 12.7. The predicted octanol–water partition coefficient (Wildman–Crippen LogP) is 2.75. The molecule has 0 fully saturated rings. The number of hydrogen-bond acceptors (Lipinski definition) is 6. The summed E-state index contributed by atoms with van der Waals surface area (Å²) in [5.74, 6) is -1.51. The number of ether oxygens (including phenoxy) is 2. The largest absolute Gasteiger partial charge is 0.478 e. The molecule has 1 aromatic heterocycles. The first kappa shape index (κ1) is 18.0. The molecular weight excluding hydrogens is 310 g/mol. The molecule has 8 heteroatoms. The Kier molecular flexibility index (Phi) is 6.84. The first-order valence-corrected chi connectivity index (χ1v) is 7.65. The first-order chi connectivity index (χ1) is 10.4. The van der Waals surface area contributed by atoms with Crippen molar-refractivity contribution in [1.29, 1.82) is 0 Å². The highest BCUT2D eigenvalue weighted by Crippen LogP contribution is 2.26. The molecule has 0 aromatic carbocycles. The van der Waals surface area contributed by atoms with Crippen LogP contribution in [-0.4, -0.2) is 42.9 Å². The molecule has 0 spiro atoms. The van der Waals surface area contributed by atoms with Crippen molar-refractivity contribution in [3.05, 3.63) is 16.3 Å². The zero-order valence-corrected chi connectivity index (χ0v) is 13.5. The van der Waals surface area contributed by atoms with Gasteiger partial charge in [0.05, 0.1) is 24.5 Å². The highest BCUT2D eigenvalue weighted by Gasteiger charge is 2.24. The number of carboxylic acids is 1. The van der Waals surface area contributed by atoms with E-state index < -0.39 is 12.1 Å². The predicted molar refractivity (Wildman–Crippen MR) is 81.5 cm³/mol. The molecule has 1 rings (SSSR count). The molecule has 1 N–H and O–H groups in total. The molecule has 0 aliphatic carbocycles. The fourth-order valence-electron chi connectivity index (χ4n) is 1.72. The number of carboxylic acid groups (broad SMARTS) is 1. The Bertz CT molecular complexity index is 539. The summed E-state index contributed by atoms with van der Waals surface area (Å²) in [6, 6.07) is 0.